The topological polar surface area (TPSA) is 44.8 Å². The Labute approximate surface area is 115 Å². The standard InChI is InChI=1S/C14H25N3O2/c1-2-4-13-14(18)17(10-15-13)8-12-7-16-6-3-5-11(16)9-19-12/h11-13,15H,2-10H2,1H3. The van der Waals surface area contributed by atoms with Crippen LogP contribution in [0.4, 0.5) is 0 Å². The first-order valence-corrected chi connectivity index (χ1v) is 7.65. The third-order valence-corrected chi connectivity index (χ3v) is 4.60. The maximum Gasteiger partial charge on any atom is 0.240 e. The Kier molecular flexibility index (Phi) is 4.05. The zero-order valence-corrected chi connectivity index (χ0v) is 11.8. The number of nitrogens with one attached hydrogen (secondary N) is 1. The summed E-state index contributed by atoms with van der Waals surface area (Å²) >= 11 is 0. The summed E-state index contributed by atoms with van der Waals surface area (Å²) in [4.78, 5) is 16.7. The van der Waals surface area contributed by atoms with Crippen molar-refractivity contribution in [2.75, 3.05) is 32.9 Å². The highest BCUT2D eigenvalue weighted by Crippen LogP contribution is 2.23. The second-order valence-corrected chi connectivity index (χ2v) is 6.01. The molecular formula is C14H25N3O2. The molecule has 0 bridgehead atoms. The molecule has 3 aliphatic rings. The Morgan fingerprint density at radius 1 is 1.47 bits per heavy atom. The van der Waals surface area contributed by atoms with Crippen LogP contribution in [-0.4, -0.2) is 66.8 Å². The van der Waals surface area contributed by atoms with E-state index in [1.54, 1.807) is 0 Å². The highest BCUT2D eigenvalue weighted by molar-refractivity contribution is 5.83. The van der Waals surface area contributed by atoms with Gasteiger partial charge in [-0.15, -0.1) is 0 Å². The van der Waals surface area contributed by atoms with E-state index in [-0.39, 0.29) is 18.1 Å². The SMILES string of the molecule is CCCC1NCN(CC2CN3CCCC3CO2)C1=O. The molecule has 5 heteroatoms. The molecular weight excluding hydrogens is 242 g/mol. The lowest BCUT2D eigenvalue weighted by Gasteiger charge is -2.36. The molecule has 0 spiro atoms. The summed E-state index contributed by atoms with van der Waals surface area (Å²) in [5.74, 6) is 0.258. The van der Waals surface area contributed by atoms with E-state index in [0.717, 1.165) is 32.5 Å². The molecule has 3 atom stereocenters. The van der Waals surface area contributed by atoms with E-state index in [1.807, 2.05) is 4.90 Å². The van der Waals surface area contributed by atoms with Gasteiger partial charge < -0.3 is 9.64 Å². The molecule has 3 rings (SSSR count). The van der Waals surface area contributed by atoms with Crippen molar-refractivity contribution < 1.29 is 9.53 Å². The van der Waals surface area contributed by atoms with E-state index in [4.69, 9.17) is 4.74 Å². The summed E-state index contributed by atoms with van der Waals surface area (Å²) in [5.41, 5.74) is 0. The summed E-state index contributed by atoms with van der Waals surface area (Å²) in [6.07, 6.45) is 4.75. The number of carbonyl (C=O) groups excluding carboxylic acids is 1. The zero-order valence-electron chi connectivity index (χ0n) is 11.8. The Bertz CT molecular complexity index is 337. The molecule has 19 heavy (non-hydrogen) atoms. The van der Waals surface area contributed by atoms with Gasteiger partial charge in [0.2, 0.25) is 5.91 Å². The minimum atomic E-state index is 0.0353. The van der Waals surface area contributed by atoms with Crippen molar-refractivity contribution >= 4 is 5.91 Å². The lowest BCUT2D eigenvalue weighted by Crippen LogP contribution is -2.50. The van der Waals surface area contributed by atoms with E-state index in [2.05, 4.69) is 17.1 Å². The summed E-state index contributed by atoms with van der Waals surface area (Å²) in [6.45, 7) is 6.60. The third-order valence-electron chi connectivity index (χ3n) is 4.60. The van der Waals surface area contributed by atoms with Crippen molar-refractivity contribution in [2.45, 2.75) is 50.8 Å². The Morgan fingerprint density at radius 3 is 3.21 bits per heavy atom. The minimum absolute atomic E-state index is 0.0353. The molecule has 3 unspecified atom stereocenters. The highest BCUT2D eigenvalue weighted by Gasteiger charge is 2.36. The summed E-state index contributed by atoms with van der Waals surface area (Å²) in [7, 11) is 0. The van der Waals surface area contributed by atoms with Gasteiger partial charge in [-0.1, -0.05) is 13.3 Å². The third kappa shape index (κ3) is 2.78. The van der Waals surface area contributed by atoms with Crippen LogP contribution in [0.1, 0.15) is 32.6 Å². The Hall–Kier alpha value is -0.650. The number of carbonyl (C=O) groups is 1. The van der Waals surface area contributed by atoms with Gasteiger partial charge >= 0.3 is 0 Å². The molecule has 5 nitrogen and oxygen atoms in total. The van der Waals surface area contributed by atoms with Crippen LogP contribution in [0.5, 0.6) is 0 Å². The van der Waals surface area contributed by atoms with Crippen LogP contribution in [0.2, 0.25) is 0 Å². The van der Waals surface area contributed by atoms with Crippen molar-refractivity contribution in [1.82, 2.24) is 15.1 Å². The van der Waals surface area contributed by atoms with Gasteiger partial charge in [-0.2, -0.15) is 0 Å². The molecule has 3 saturated heterocycles. The van der Waals surface area contributed by atoms with E-state index in [0.29, 0.717) is 12.7 Å². The highest BCUT2D eigenvalue weighted by atomic mass is 16.5. The first-order valence-electron chi connectivity index (χ1n) is 7.65. The van der Waals surface area contributed by atoms with E-state index < -0.39 is 0 Å². The zero-order chi connectivity index (χ0) is 13.2. The van der Waals surface area contributed by atoms with E-state index >= 15 is 0 Å². The van der Waals surface area contributed by atoms with Gasteiger partial charge in [0, 0.05) is 19.1 Å². The Balaban J connectivity index is 1.50. The predicted molar refractivity (Wildman–Crippen MR) is 72.7 cm³/mol. The minimum Gasteiger partial charge on any atom is -0.373 e. The van der Waals surface area contributed by atoms with Gasteiger partial charge in [-0.05, 0) is 25.8 Å². The number of morpholine rings is 1. The first-order chi connectivity index (χ1) is 9.28. The molecule has 3 aliphatic heterocycles. The Morgan fingerprint density at radius 2 is 2.37 bits per heavy atom. The van der Waals surface area contributed by atoms with Crippen LogP contribution < -0.4 is 5.32 Å². The number of nitrogens with zero attached hydrogens (tertiary/aromatic N) is 2. The van der Waals surface area contributed by atoms with Gasteiger partial charge in [0.1, 0.15) is 0 Å². The van der Waals surface area contributed by atoms with Crippen molar-refractivity contribution in [2.24, 2.45) is 0 Å². The number of ether oxygens (including phenoxy) is 1. The second-order valence-electron chi connectivity index (χ2n) is 6.01. The molecule has 0 radical (unpaired) electrons. The van der Waals surface area contributed by atoms with Crippen molar-refractivity contribution in [3.63, 3.8) is 0 Å². The summed E-state index contributed by atoms with van der Waals surface area (Å²) < 4.78 is 5.93. The molecule has 3 fully saturated rings. The van der Waals surface area contributed by atoms with Crippen molar-refractivity contribution in [3.05, 3.63) is 0 Å². The van der Waals surface area contributed by atoms with Crippen LogP contribution in [0.3, 0.4) is 0 Å². The fraction of sp³-hybridized carbons (Fsp3) is 0.929. The molecule has 0 aliphatic carbocycles. The van der Waals surface area contributed by atoms with Crippen LogP contribution in [-0.2, 0) is 9.53 Å². The lowest BCUT2D eigenvalue weighted by atomic mass is 10.1. The number of fused-ring (bicyclic) bond motifs is 1. The molecule has 0 saturated carbocycles. The fourth-order valence-electron chi connectivity index (χ4n) is 3.52. The molecule has 0 aromatic carbocycles. The number of amides is 1. The maximum atomic E-state index is 12.2. The average molecular weight is 267 g/mol. The van der Waals surface area contributed by atoms with E-state index in [9.17, 15) is 4.79 Å². The average Bonchev–Trinajstić information content (AvgIpc) is 3.00. The van der Waals surface area contributed by atoms with E-state index in [1.165, 1.54) is 19.4 Å². The predicted octanol–water partition coefficient (Wildman–Crippen LogP) is 0.408. The van der Waals surface area contributed by atoms with Crippen molar-refractivity contribution in [1.29, 1.82) is 0 Å². The summed E-state index contributed by atoms with van der Waals surface area (Å²) in [5, 5.41) is 3.30. The number of hydrogen-bond acceptors (Lipinski definition) is 4. The smallest absolute Gasteiger partial charge is 0.240 e. The molecule has 3 heterocycles. The summed E-state index contributed by atoms with van der Waals surface area (Å²) in [6, 6.07) is 0.671. The van der Waals surface area contributed by atoms with Crippen LogP contribution in [0.15, 0.2) is 0 Å². The molecule has 0 aromatic rings. The van der Waals surface area contributed by atoms with Crippen LogP contribution >= 0.6 is 0 Å². The fourth-order valence-corrected chi connectivity index (χ4v) is 3.52. The monoisotopic (exact) mass is 267 g/mol. The van der Waals surface area contributed by atoms with Gasteiger partial charge in [-0.25, -0.2) is 0 Å². The molecule has 108 valence electrons. The quantitative estimate of drug-likeness (QED) is 0.801. The first kappa shape index (κ1) is 13.3. The normalized spacial score (nSPS) is 35.9. The van der Waals surface area contributed by atoms with Gasteiger partial charge in [0.25, 0.3) is 0 Å². The number of rotatable bonds is 4. The van der Waals surface area contributed by atoms with Gasteiger partial charge in [0.05, 0.1) is 25.4 Å². The van der Waals surface area contributed by atoms with Gasteiger partial charge in [-0.3, -0.25) is 15.0 Å². The van der Waals surface area contributed by atoms with Gasteiger partial charge in [0.15, 0.2) is 0 Å². The molecule has 1 N–H and O–H groups in total. The van der Waals surface area contributed by atoms with Crippen LogP contribution in [0.25, 0.3) is 0 Å². The lowest BCUT2D eigenvalue weighted by molar-refractivity contribution is -0.132. The second kappa shape index (κ2) is 5.77. The maximum absolute atomic E-state index is 12.2. The van der Waals surface area contributed by atoms with Crippen LogP contribution in [0, 0.1) is 0 Å². The largest absolute Gasteiger partial charge is 0.373 e. The number of hydrogen-bond donors (Lipinski definition) is 1. The molecule has 0 aromatic heterocycles. The van der Waals surface area contributed by atoms with Crippen molar-refractivity contribution in [3.8, 4) is 0 Å². The molecule has 1 amide bonds.